The zero-order chi connectivity index (χ0) is 12.8. The molecule has 0 amide bonds. The molecule has 0 aromatic carbocycles. The number of nitrogens with one attached hydrogen (secondary N) is 1. The third kappa shape index (κ3) is 4.35. The highest BCUT2D eigenvalue weighted by Crippen LogP contribution is 2.29. The van der Waals surface area contributed by atoms with Gasteiger partial charge in [0.15, 0.2) is 0 Å². The van der Waals surface area contributed by atoms with Crippen LogP contribution in [0.3, 0.4) is 0 Å². The minimum absolute atomic E-state index is 0.805. The van der Waals surface area contributed by atoms with E-state index < -0.39 is 0 Å². The molecule has 1 heterocycles. The van der Waals surface area contributed by atoms with Gasteiger partial charge in [-0.3, -0.25) is 4.90 Å². The van der Waals surface area contributed by atoms with Crippen LogP contribution in [0.2, 0.25) is 0 Å². The Morgan fingerprint density at radius 1 is 1.39 bits per heavy atom. The first-order chi connectivity index (χ1) is 8.83. The van der Waals surface area contributed by atoms with Gasteiger partial charge < -0.3 is 10.1 Å². The first kappa shape index (κ1) is 14.0. The second-order valence-electron chi connectivity index (χ2n) is 4.84. The van der Waals surface area contributed by atoms with E-state index in [0.717, 1.165) is 38.8 Å². The number of ether oxygens (including phenoxy) is 1. The van der Waals surface area contributed by atoms with E-state index in [2.05, 4.69) is 29.3 Å². The molecule has 0 atom stereocenters. The number of hydrogen-bond donors (Lipinski definition) is 1. The zero-order valence-electron chi connectivity index (χ0n) is 11.4. The maximum Gasteiger partial charge on any atom is 0.0589 e. The van der Waals surface area contributed by atoms with E-state index in [9.17, 15) is 0 Å². The predicted octanol–water partition coefficient (Wildman–Crippen LogP) is 2.47. The molecular weight excluding hydrogens is 244 g/mol. The van der Waals surface area contributed by atoms with E-state index in [1.165, 1.54) is 22.6 Å². The molecule has 102 valence electrons. The number of hydrogen-bond acceptors (Lipinski definition) is 4. The molecule has 0 radical (unpaired) electrons. The SMILES string of the molecule is CCNCc1ccc(CN(CCOC)C2CC2)s1. The van der Waals surface area contributed by atoms with Gasteiger partial charge in [0.2, 0.25) is 0 Å². The first-order valence-electron chi connectivity index (χ1n) is 6.84. The molecule has 1 aliphatic rings. The number of rotatable bonds is 9. The van der Waals surface area contributed by atoms with Gasteiger partial charge in [-0.2, -0.15) is 0 Å². The van der Waals surface area contributed by atoms with Gasteiger partial charge in [-0.25, -0.2) is 0 Å². The van der Waals surface area contributed by atoms with E-state index >= 15 is 0 Å². The van der Waals surface area contributed by atoms with E-state index in [0.29, 0.717) is 0 Å². The molecule has 0 spiro atoms. The van der Waals surface area contributed by atoms with Crippen LogP contribution in [0.1, 0.15) is 29.5 Å². The van der Waals surface area contributed by atoms with Crippen molar-refractivity contribution in [1.29, 1.82) is 0 Å². The summed E-state index contributed by atoms with van der Waals surface area (Å²) in [5.41, 5.74) is 0. The lowest BCUT2D eigenvalue weighted by Gasteiger charge is -2.20. The third-order valence-corrected chi connectivity index (χ3v) is 4.34. The van der Waals surface area contributed by atoms with Crippen molar-refractivity contribution in [3.63, 3.8) is 0 Å². The van der Waals surface area contributed by atoms with Gasteiger partial charge in [-0.05, 0) is 31.5 Å². The summed E-state index contributed by atoms with van der Waals surface area (Å²) in [7, 11) is 1.78. The molecule has 2 rings (SSSR count). The van der Waals surface area contributed by atoms with Crippen LogP contribution in [0, 0.1) is 0 Å². The normalized spacial score (nSPS) is 15.5. The monoisotopic (exact) mass is 268 g/mol. The van der Waals surface area contributed by atoms with Crippen LogP contribution in [0.15, 0.2) is 12.1 Å². The van der Waals surface area contributed by atoms with Crippen molar-refractivity contribution in [1.82, 2.24) is 10.2 Å². The molecule has 1 aromatic rings. The minimum Gasteiger partial charge on any atom is -0.383 e. The second-order valence-corrected chi connectivity index (χ2v) is 6.10. The maximum absolute atomic E-state index is 5.20. The average molecular weight is 268 g/mol. The predicted molar refractivity (Wildman–Crippen MR) is 77.0 cm³/mol. The quantitative estimate of drug-likeness (QED) is 0.744. The van der Waals surface area contributed by atoms with Gasteiger partial charge in [0.25, 0.3) is 0 Å². The molecule has 0 aliphatic heterocycles. The Hall–Kier alpha value is -0.420. The molecule has 0 bridgehead atoms. The van der Waals surface area contributed by atoms with Crippen molar-refractivity contribution in [3.05, 3.63) is 21.9 Å². The molecular formula is C14H24N2OS. The van der Waals surface area contributed by atoms with Crippen molar-refractivity contribution in [2.45, 2.75) is 38.9 Å². The lowest BCUT2D eigenvalue weighted by molar-refractivity contribution is 0.140. The highest BCUT2D eigenvalue weighted by Gasteiger charge is 2.28. The Bertz CT molecular complexity index is 349. The highest BCUT2D eigenvalue weighted by atomic mass is 32.1. The molecule has 1 aliphatic carbocycles. The van der Waals surface area contributed by atoms with Crippen molar-refractivity contribution in [2.24, 2.45) is 0 Å². The Morgan fingerprint density at radius 3 is 2.83 bits per heavy atom. The summed E-state index contributed by atoms with van der Waals surface area (Å²) in [6.45, 7) is 7.17. The van der Waals surface area contributed by atoms with E-state index in [1.807, 2.05) is 11.3 Å². The number of methoxy groups -OCH3 is 1. The fraction of sp³-hybridized carbons (Fsp3) is 0.714. The lowest BCUT2D eigenvalue weighted by Crippen LogP contribution is -2.28. The standard InChI is InChI=1S/C14H24N2OS/c1-3-15-10-13-6-7-14(18-13)11-16(8-9-17-2)12-4-5-12/h6-7,12,15H,3-5,8-11H2,1-2H3. The van der Waals surface area contributed by atoms with Gasteiger partial charge in [0, 0.05) is 42.5 Å². The Labute approximate surface area is 114 Å². The highest BCUT2D eigenvalue weighted by molar-refractivity contribution is 7.11. The van der Waals surface area contributed by atoms with Gasteiger partial charge in [0.05, 0.1) is 6.61 Å². The Morgan fingerprint density at radius 2 is 2.17 bits per heavy atom. The molecule has 4 heteroatoms. The van der Waals surface area contributed by atoms with Crippen molar-refractivity contribution in [2.75, 3.05) is 26.8 Å². The second kappa shape index (κ2) is 7.24. The summed E-state index contributed by atoms with van der Waals surface area (Å²) in [5.74, 6) is 0. The van der Waals surface area contributed by atoms with Crippen LogP contribution in [0.5, 0.6) is 0 Å². The van der Waals surface area contributed by atoms with E-state index in [1.54, 1.807) is 7.11 Å². The van der Waals surface area contributed by atoms with Crippen molar-refractivity contribution in [3.8, 4) is 0 Å². The van der Waals surface area contributed by atoms with Gasteiger partial charge in [0.1, 0.15) is 0 Å². The van der Waals surface area contributed by atoms with Crippen LogP contribution in [0.4, 0.5) is 0 Å². The van der Waals surface area contributed by atoms with Gasteiger partial charge >= 0.3 is 0 Å². The largest absolute Gasteiger partial charge is 0.383 e. The lowest BCUT2D eigenvalue weighted by atomic mass is 10.3. The molecule has 18 heavy (non-hydrogen) atoms. The first-order valence-corrected chi connectivity index (χ1v) is 7.66. The average Bonchev–Trinajstić information content (AvgIpc) is 3.13. The van der Waals surface area contributed by atoms with E-state index in [-0.39, 0.29) is 0 Å². The number of nitrogens with zero attached hydrogens (tertiary/aromatic N) is 1. The summed E-state index contributed by atoms with van der Waals surface area (Å²) < 4.78 is 5.20. The molecule has 1 saturated carbocycles. The topological polar surface area (TPSA) is 24.5 Å². The molecule has 0 unspecified atom stereocenters. The van der Waals surface area contributed by atoms with Crippen molar-refractivity contribution < 1.29 is 4.74 Å². The minimum atomic E-state index is 0.805. The number of thiophene rings is 1. The van der Waals surface area contributed by atoms with Gasteiger partial charge in [-0.15, -0.1) is 11.3 Å². The fourth-order valence-corrected chi connectivity index (χ4v) is 3.10. The van der Waals surface area contributed by atoms with Crippen LogP contribution in [-0.4, -0.2) is 37.7 Å². The molecule has 1 aromatic heterocycles. The summed E-state index contributed by atoms with van der Waals surface area (Å²) in [4.78, 5) is 5.48. The maximum atomic E-state index is 5.20. The van der Waals surface area contributed by atoms with Crippen LogP contribution in [0.25, 0.3) is 0 Å². The summed E-state index contributed by atoms with van der Waals surface area (Å²) >= 11 is 1.93. The summed E-state index contributed by atoms with van der Waals surface area (Å²) in [6, 6.07) is 5.34. The zero-order valence-corrected chi connectivity index (χ0v) is 12.3. The Balaban J connectivity index is 1.83. The van der Waals surface area contributed by atoms with Crippen LogP contribution in [-0.2, 0) is 17.8 Å². The molecule has 0 saturated heterocycles. The summed E-state index contributed by atoms with van der Waals surface area (Å²) in [6.07, 6.45) is 2.72. The van der Waals surface area contributed by atoms with Crippen LogP contribution >= 0.6 is 11.3 Å². The Kier molecular flexibility index (Phi) is 5.63. The third-order valence-electron chi connectivity index (χ3n) is 3.27. The van der Waals surface area contributed by atoms with Crippen molar-refractivity contribution >= 4 is 11.3 Å². The smallest absolute Gasteiger partial charge is 0.0589 e. The molecule has 1 fully saturated rings. The van der Waals surface area contributed by atoms with E-state index in [4.69, 9.17) is 4.74 Å². The molecule has 1 N–H and O–H groups in total. The van der Waals surface area contributed by atoms with Crippen LogP contribution < -0.4 is 5.32 Å². The molecule has 3 nitrogen and oxygen atoms in total. The fourth-order valence-electron chi connectivity index (χ4n) is 2.09. The summed E-state index contributed by atoms with van der Waals surface area (Å²) in [5, 5.41) is 3.38. The van der Waals surface area contributed by atoms with Gasteiger partial charge in [-0.1, -0.05) is 6.92 Å².